The Morgan fingerprint density at radius 3 is 2.59 bits per heavy atom. The van der Waals surface area contributed by atoms with Gasteiger partial charge in [-0.25, -0.2) is 0 Å². The van der Waals surface area contributed by atoms with Crippen LogP contribution in [0.3, 0.4) is 0 Å². The number of hydrogen-bond acceptors (Lipinski definition) is 3. The van der Waals surface area contributed by atoms with Crippen molar-refractivity contribution in [2.24, 2.45) is 0 Å². The second kappa shape index (κ2) is 5.86. The van der Waals surface area contributed by atoms with Crippen LogP contribution in [0.4, 0.5) is 13.2 Å². The largest absolute Gasteiger partial charge is 0.457 e. The molecule has 3 nitrogen and oxygen atoms in total. The molecule has 0 bridgehead atoms. The van der Waals surface area contributed by atoms with Gasteiger partial charge in [0.25, 0.3) is 0 Å². The van der Waals surface area contributed by atoms with Crippen molar-refractivity contribution in [1.82, 2.24) is 4.90 Å². The van der Waals surface area contributed by atoms with E-state index in [4.69, 9.17) is 4.42 Å². The van der Waals surface area contributed by atoms with Crippen molar-refractivity contribution >= 4 is 6.29 Å². The number of rotatable bonds is 6. The minimum Gasteiger partial charge on any atom is -0.457 e. The van der Waals surface area contributed by atoms with E-state index in [0.717, 1.165) is 0 Å². The van der Waals surface area contributed by atoms with E-state index in [9.17, 15) is 18.0 Å². The van der Waals surface area contributed by atoms with Gasteiger partial charge in [0.2, 0.25) is 0 Å². The summed E-state index contributed by atoms with van der Waals surface area (Å²) in [5.41, 5.74) is 0. The Kier molecular flexibility index (Phi) is 4.74. The molecule has 0 aliphatic carbocycles. The lowest BCUT2D eigenvalue weighted by molar-refractivity contribution is -0.147. The summed E-state index contributed by atoms with van der Waals surface area (Å²) in [6.07, 6.45) is -3.08. The summed E-state index contributed by atoms with van der Waals surface area (Å²) < 4.78 is 41.9. The van der Waals surface area contributed by atoms with Gasteiger partial charge in [0.15, 0.2) is 12.0 Å². The minimum absolute atomic E-state index is 0.0567. The first-order valence-corrected chi connectivity index (χ1v) is 5.27. The SMILES string of the molecule is CCCN(Cc1ccc(C=O)o1)CC(F)(F)F. The molecule has 6 heteroatoms. The first-order valence-electron chi connectivity index (χ1n) is 5.27. The van der Waals surface area contributed by atoms with Crippen molar-refractivity contribution < 1.29 is 22.4 Å². The van der Waals surface area contributed by atoms with E-state index in [2.05, 4.69) is 0 Å². The van der Waals surface area contributed by atoms with Crippen LogP contribution in [0.1, 0.15) is 29.7 Å². The average Bonchev–Trinajstić information content (AvgIpc) is 2.63. The van der Waals surface area contributed by atoms with Gasteiger partial charge < -0.3 is 4.42 Å². The van der Waals surface area contributed by atoms with Gasteiger partial charge in [0, 0.05) is 0 Å². The summed E-state index contributed by atoms with van der Waals surface area (Å²) in [5.74, 6) is 0.494. The van der Waals surface area contributed by atoms with Crippen LogP contribution < -0.4 is 0 Å². The second-order valence-corrected chi connectivity index (χ2v) is 3.75. The molecule has 0 radical (unpaired) electrons. The van der Waals surface area contributed by atoms with Crippen molar-refractivity contribution in [2.75, 3.05) is 13.1 Å². The van der Waals surface area contributed by atoms with Gasteiger partial charge in [-0.1, -0.05) is 6.92 Å². The average molecular weight is 249 g/mol. The summed E-state index contributed by atoms with van der Waals surface area (Å²) in [6.45, 7) is 1.22. The second-order valence-electron chi connectivity index (χ2n) is 3.75. The maximum atomic E-state index is 12.3. The van der Waals surface area contributed by atoms with Crippen LogP contribution >= 0.6 is 0 Å². The Balaban J connectivity index is 2.62. The molecule has 0 fully saturated rings. The van der Waals surface area contributed by atoms with Crippen molar-refractivity contribution in [2.45, 2.75) is 26.1 Å². The number of hydrogen-bond donors (Lipinski definition) is 0. The molecule has 1 rings (SSSR count). The Hall–Kier alpha value is -1.30. The molecule has 0 saturated carbocycles. The van der Waals surface area contributed by atoms with Crippen LogP contribution in [-0.4, -0.2) is 30.5 Å². The Morgan fingerprint density at radius 2 is 2.12 bits per heavy atom. The van der Waals surface area contributed by atoms with Crippen LogP contribution in [0, 0.1) is 0 Å². The lowest BCUT2D eigenvalue weighted by atomic mass is 10.3. The van der Waals surface area contributed by atoms with E-state index in [1.807, 2.05) is 6.92 Å². The zero-order valence-corrected chi connectivity index (χ0v) is 9.46. The lowest BCUT2D eigenvalue weighted by Crippen LogP contribution is -2.34. The number of carbonyl (C=O) groups is 1. The fraction of sp³-hybridized carbons (Fsp3) is 0.545. The summed E-state index contributed by atoms with van der Waals surface area (Å²) in [5, 5.41) is 0. The first-order chi connectivity index (χ1) is 7.94. The number of alkyl halides is 3. The molecular weight excluding hydrogens is 235 g/mol. The standard InChI is InChI=1S/C11H14F3NO2/c1-2-5-15(8-11(12,13)14)6-9-3-4-10(7-16)17-9/h3-4,7H,2,5-6,8H2,1H3. The van der Waals surface area contributed by atoms with E-state index >= 15 is 0 Å². The summed E-state index contributed by atoms with van der Waals surface area (Å²) in [6, 6.07) is 2.96. The molecule has 1 heterocycles. The van der Waals surface area contributed by atoms with E-state index in [1.165, 1.54) is 17.0 Å². The zero-order chi connectivity index (χ0) is 12.9. The predicted molar refractivity (Wildman–Crippen MR) is 55.7 cm³/mol. The molecule has 0 aliphatic heterocycles. The monoisotopic (exact) mass is 249 g/mol. The van der Waals surface area contributed by atoms with Crippen molar-refractivity contribution in [3.8, 4) is 0 Å². The summed E-state index contributed by atoms with van der Waals surface area (Å²) >= 11 is 0. The molecule has 1 aromatic rings. The highest BCUT2D eigenvalue weighted by Gasteiger charge is 2.30. The summed E-state index contributed by atoms with van der Waals surface area (Å²) in [7, 11) is 0. The van der Waals surface area contributed by atoms with Gasteiger partial charge in [0.1, 0.15) is 5.76 Å². The number of nitrogens with zero attached hydrogens (tertiary/aromatic N) is 1. The molecule has 1 aromatic heterocycles. The fourth-order valence-corrected chi connectivity index (χ4v) is 1.55. The van der Waals surface area contributed by atoms with E-state index in [-0.39, 0.29) is 12.3 Å². The number of furan rings is 1. The highest BCUT2D eigenvalue weighted by molar-refractivity contribution is 5.70. The molecule has 0 unspecified atom stereocenters. The third-order valence-corrected chi connectivity index (χ3v) is 2.12. The molecule has 0 aliphatic rings. The maximum Gasteiger partial charge on any atom is 0.401 e. The fourth-order valence-electron chi connectivity index (χ4n) is 1.55. The van der Waals surface area contributed by atoms with Gasteiger partial charge in [-0.15, -0.1) is 0 Å². The van der Waals surface area contributed by atoms with Crippen LogP contribution in [0.2, 0.25) is 0 Å². The molecule has 0 saturated heterocycles. The van der Waals surface area contributed by atoms with E-state index in [1.54, 1.807) is 0 Å². The molecule has 0 spiro atoms. The number of aldehydes is 1. The van der Waals surface area contributed by atoms with Gasteiger partial charge >= 0.3 is 6.18 Å². The predicted octanol–water partition coefficient (Wildman–Crippen LogP) is 2.87. The molecular formula is C11H14F3NO2. The molecule has 0 amide bonds. The van der Waals surface area contributed by atoms with E-state index in [0.29, 0.717) is 25.0 Å². The molecule has 0 N–H and O–H groups in total. The maximum absolute atomic E-state index is 12.3. The highest BCUT2D eigenvalue weighted by Crippen LogP contribution is 2.19. The Labute approximate surface area is 97.2 Å². The van der Waals surface area contributed by atoms with Gasteiger partial charge in [-0.3, -0.25) is 9.69 Å². The topological polar surface area (TPSA) is 33.5 Å². The third-order valence-electron chi connectivity index (χ3n) is 2.12. The van der Waals surface area contributed by atoms with Crippen molar-refractivity contribution in [3.05, 3.63) is 23.7 Å². The van der Waals surface area contributed by atoms with Crippen LogP contribution in [0.25, 0.3) is 0 Å². The third kappa shape index (κ3) is 5.04. The van der Waals surface area contributed by atoms with Crippen molar-refractivity contribution in [1.29, 1.82) is 0 Å². The number of halogens is 3. The molecule has 17 heavy (non-hydrogen) atoms. The highest BCUT2D eigenvalue weighted by atomic mass is 19.4. The van der Waals surface area contributed by atoms with Gasteiger partial charge in [-0.05, 0) is 25.1 Å². The molecule has 0 aromatic carbocycles. The summed E-state index contributed by atoms with van der Waals surface area (Å²) in [4.78, 5) is 11.6. The smallest absolute Gasteiger partial charge is 0.401 e. The normalized spacial score (nSPS) is 12.1. The van der Waals surface area contributed by atoms with Gasteiger partial charge in [-0.2, -0.15) is 13.2 Å². The van der Waals surface area contributed by atoms with Crippen molar-refractivity contribution in [3.63, 3.8) is 0 Å². The molecule has 0 atom stereocenters. The van der Waals surface area contributed by atoms with E-state index < -0.39 is 12.7 Å². The number of carbonyl (C=O) groups excluding carboxylic acids is 1. The minimum atomic E-state index is -4.23. The quantitative estimate of drug-likeness (QED) is 0.727. The Morgan fingerprint density at radius 1 is 1.41 bits per heavy atom. The lowest BCUT2D eigenvalue weighted by Gasteiger charge is -2.21. The van der Waals surface area contributed by atoms with Gasteiger partial charge in [0.05, 0.1) is 13.1 Å². The molecule has 96 valence electrons. The Bertz CT molecular complexity index is 360. The van der Waals surface area contributed by atoms with Crippen LogP contribution in [-0.2, 0) is 6.54 Å². The van der Waals surface area contributed by atoms with Crippen LogP contribution in [0.5, 0.6) is 0 Å². The van der Waals surface area contributed by atoms with Crippen LogP contribution in [0.15, 0.2) is 16.5 Å². The zero-order valence-electron chi connectivity index (χ0n) is 9.46. The first kappa shape index (κ1) is 13.8.